The van der Waals surface area contributed by atoms with Gasteiger partial charge in [0, 0.05) is 5.56 Å². The minimum Gasteiger partial charge on any atom is -0.404 e. The number of aromatic nitrogens is 1. The highest BCUT2D eigenvalue weighted by Gasteiger charge is 2.32. The molecule has 0 atom stereocenters. The summed E-state index contributed by atoms with van der Waals surface area (Å²) in [4.78, 5) is 3.54. The van der Waals surface area contributed by atoms with Gasteiger partial charge in [0.05, 0.1) is 23.9 Å². The fourth-order valence-corrected chi connectivity index (χ4v) is 1.28. The molecule has 0 aliphatic heterocycles. The zero-order chi connectivity index (χ0) is 13.9. The van der Waals surface area contributed by atoms with Crippen molar-refractivity contribution >= 4 is 0 Å². The van der Waals surface area contributed by atoms with Gasteiger partial charge in [-0.3, -0.25) is 4.98 Å². The lowest BCUT2D eigenvalue weighted by atomic mass is 10.1. The van der Waals surface area contributed by atoms with Gasteiger partial charge in [0.25, 0.3) is 6.43 Å². The fourth-order valence-electron chi connectivity index (χ4n) is 1.28. The Morgan fingerprint density at radius 2 is 2.06 bits per heavy atom. The summed E-state index contributed by atoms with van der Waals surface area (Å²) >= 11 is 0. The van der Waals surface area contributed by atoms with E-state index in [4.69, 9.17) is 5.26 Å². The quantitative estimate of drug-likeness (QED) is 0.788. The maximum Gasteiger partial charge on any atom is 0.573 e. The van der Waals surface area contributed by atoms with Crippen molar-refractivity contribution in [1.29, 1.82) is 5.26 Å². The molecule has 0 N–H and O–H groups in total. The minimum atomic E-state index is -4.98. The Bertz CT molecular complexity index is 478. The lowest BCUT2D eigenvalue weighted by Crippen LogP contribution is -2.18. The second-order valence-corrected chi connectivity index (χ2v) is 3.29. The van der Waals surface area contributed by atoms with Gasteiger partial charge < -0.3 is 4.74 Å². The van der Waals surface area contributed by atoms with Crippen molar-refractivity contribution in [3.05, 3.63) is 23.0 Å². The predicted octanol–water partition coefficient (Wildman–Crippen LogP) is 3.29. The van der Waals surface area contributed by atoms with E-state index in [9.17, 15) is 22.0 Å². The van der Waals surface area contributed by atoms with Crippen LogP contribution in [0.1, 0.15) is 23.4 Å². The van der Waals surface area contributed by atoms with Crippen molar-refractivity contribution < 1.29 is 26.7 Å². The first kappa shape index (κ1) is 14.2. The molecule has 0 bridgehead atoms. The van der Waals surface area contributed by atoms with Crippen LogP contribution in [0.5, 0.6) is 5.75 Å². The van der Waals surface area contributed by atoms with Gasteiger partial charge in [0.2, 0.25) is 0 Å². The topological polar surface area (TPSA) is 45.9 Å². The number of nitriles is 1. The fraction of sp³-hybridized carbons (Fsp3) is 0.400. The number of halogens is 5. The molecular formula is C10H7F5N2O. The van der Waals surface area contributed by atoms with Crippen LogP contribution in [0.15, 0.2) is 6.07 Å². The molecule has 0 amide bonds. The molecule has 1 aromatic rings. The Kier molecular flexibility index (Phi) is 4.06. The van der Waals surface area contributed by atoms with Crippen LogP contribution in [0.2, 0.25) is 0 Å². The van der Waals surface area contributed by atoms with Gasteiger partial charge in [0.1, 0.15) is 0 Å². The predicted molar refractivity (Wildman–Crippen MR) is 49.9 cm³/mol. The zero-order valence-electron chi connectivity index (χ0n) is 9.05. The molecule has 0 unspecified atom stereocenters. The average molecular weight is 266 g/mol. The lowest BCUT2D eigenvalue weighted by Gasteiger charge is -2.14. The Morgan fingerprint density at radius 1 is 1.44 bits per heavy atom. The highest BCUT2D eigenvalue weighted by atomic mass is 19.4. The van der Waals surface area contributed by atoms with Gasteiger partial charge in [-0.05, 0) is 13.0 Å². The van der Waals surface area contributed by atoms with Gasteiger partial charge in [-0.2, -0.15) is 5.26 Å². The van der Waals surface area contributed by atoms with Crippen LogP contribution in [0.3, 0.4) is 0 Å². The largest absolute Gasteiger partial charge is 0.573 e. The number of alkyl halides is 5. The molecule has 98 valence electrons. The SMILES string of the molecule is Cc1nc(CC#N)c(C(F)F)cc1OC(F)(F)F. The summed E-state index contributed by atoms with van der Waals surface area (Å²) < 4.78 is 64.8. The number of hydrogen-bond donors (Lipinski definition) is 0. The van der Waals surface area contributed by atoms with Crippen LogP contribution in [0.25, 0.3) is 0 Å². The van der Waals surface area contributed by atoms with E-state index >= 15 is 0 Å². The summed E-state index contributed by atoms with van der Waals surface area (Å²) in [6, 6.07) is 2.18. The third-order valence-corrected chi connectivity index (χ3v) is 1.99. The molecule has 18 heavy (non-hydrogen) atoms. The normalized spacial score (nSPS) is 11.4. The lowest BCUT2D eigenvalue weighted by molar-refractivity contribution is -0.275. The van der Waals surface area contributed by atoms with Crippen molar-refractivity contribution in [2.75, 3.05) is 0 Å². The number of nitrogens with zero attached hydrogens (tertiary/aromatic N) is 2. The summed E-state index contributed by atoms with van der Waals surface area (Å²) in [7, 11) is 0. The van der Waals surface area contributed by atoms with Gasteiger partial charge in [-0.1, -0.05) is 0 Å². The molecule has 0 aliphatic carbocycles. The molecule has 1 aromatic heterocycles. The molecule has 1 rings (SSSR count). The molecule has 0 saturated heterocycles. The van der Waals surface area contributed by atoms with E-state index < -0.39 is 30.5 Å². The third kappa shape index (κ3) is 3.55. The van der Waals surface area contributed by atoms with E-state index in [2.05, 4.69) is 9.72 Å². The summed E-state index contributed by atoms with van der Waals surface area (Å²) in [6.07, 6.45) is -8.42. The second kappa shape index (κ2) is 5.16. The van der Waals surface area contributed by atoms with E-state index in [1.54, 1.807) is 6.07 Å². The van der Waals surface area contributed by atoms with E-state index in [-0.39, 0.29) is 11.4 Å². The maximum absolute atomic E-state index is 12.6. The molecule has 0 aliphatic rings. The van der Waals surface area contributed by atoms with Crippen LogP contribution in [-0.4, -0.2) is 11.3 Å². The number of rotatable bonds is 3. The molecule has 1 heterocycles. The van der Waals surface area contributed by atoms with E-state index in [0.29, 0.717) is 6.07 Å². The Balaban J connectivity index is 3.24. The monoisotopic (exact) mass is 266 g/mol. The van der Waals surface area contributed by atoms with Crippen LogP contribution >= 0.6 is 0 Å². The van der Waals surface area contributed by atoms with Gasteiger partial charge >= 0.3 is 6.36 Å². The van der Waals surface area contributed by atoms with Crippen molar-refractivity contribution in [3.8, 4) is 11.8 Å². The summed E-state index contributed by atoms with van der Waals surface area (Å²) in [5, 5.41) is 8.43. The van der Waals surface area contributed by atoms with Crippen LogP contribution in [0.4, 0.5) is 22.0 Å². The maximum atomic E-state index is 12.6. The standard InChI is InChI=1S/C10H7F5N2O/c1-5-8(18-10(13,14)15)4-6(9(11)12)7(17-5)2-3-16/h4,9H,2H2,1H3. The van der Waals surface area contributed by atoms with Gasteiger partial charge in [0.15, 0.2) is 5.75 Å². The van der Waals surface area contributed by atoms with Crippen LogP contribution in [-0.2, 0) is 6.42 Å². The number of aryl methyl sites for hydroxylation is 1. The first-order chi connectivity index (χ1) is 8.24. The van der Waals surface area contributed by atoms with Crippen molar-refractivity contribution in [3.63, 3.8) is 0 Å². The molecule has 3 nitrogen and oxygen atoms in total. The third-order valence-electron chi connectivity index (χ3n) is 1.99. The van der Waals surface area contributed by atoms with Crippen molar-refractivity contribution in [1.82, 2.24) is 4.98 Å². The molecule has 0 spiro atoms. The number of pyridine rings is 1. The van der Waals surface area contributed by atoms with E-state index in [1.807, 2.05) is 0 Å². The Hall–Kier alpha value is -1.91. The Labute approximate surface area is 98.8 Å². The number of hydrogen-bond acceptors (Lipinski definition) is 3. The smallest absolute Gasteiger partial charge is 0.404 e. The summed E-state index contributed by atoms with van der Waals surface area (Å²) in [5.41, 5.74) is -1.19. The van der Waals surface area contributed by atoms with Gasteiger partial charge in [-0.25, -0.2) is 8.78 Å². The molecule has 0 aromatic carbocycles. The minimum absolute atomic E-state index is 0.207. The van der Waals surface area contributed by atoms with E-state index in [0.717, 1.165) is 0 Å². The average Bonchev–Trinajstić information content (AvgIpc) is 2.20. The first-order valence-electron chi connectivity index (χ1n) is 4.66. The molecule has 0 fully saturated rings. The zero-order valence-corrected chi connectivity index (χ0v) is 9.05. The van der Waals surface area contributed by atoms with E-state index in [1.165, 1.54) is 6.92 Å². The molecular weight excluding hydrogens is 259 g/mol. The first-order valence-corrected chi connectivity index (χ1v) is 4.66. The Morgan fingerprint density at radius 3 is 2.50 bits per heavy atom. The van der Waals surface area contributed by atoms with Crippen LogP contribution < -0.4 is 4.74 Å². The molecule has 0 saturated carbocycles. The highest BCUT2D eigenvalue weighted by Crippen LogP contribution is 2.31. The molecule has 0 radical (unpaired) electrons. The molecule has 8 heteroatoms. The number of ether oxygens (including phenoxy) is 1. The van der Waals surface area contributed by atoms with Gasteiger partial charge in [-0.15, -0.1) is 13.2 Å². The second-order valence-electron chi connectivity index (χ2n) is 3.29. The van der Waals surface area contributed by atoms with Crippen molar-refractivity contribution in [2.45, 2.75) is 26.1 Å². The van der Waals surface area contributed by atoms with Crippen molar-refractivity contribution in [2.24, 2.45) is 0 Å². The summed E-state index contributed by atoms with van der Waals surface area (Å²) in [6.45, 7) is 1.18. The van der Waals surface area contributed by atoms with Crippen LogP contribution in [0, 0.1) is 18.3 Å². The highest BCUT2D eigenvalue weighted by molar-refractivity contribution is 5.37. The summed E-state index contributed by atoms with van der Waals surface area (Å²) in [5.74, 6) is -0.792.